The van der Waals surface area contributed by atoms with Crippen LogP contribution in [0.25, 0.3) is 0 Å². The van der Waals surface area contributed by atoms with Crippen molar-refractivity contribution in [1.29, 1.82) is 0 Å². The Balaban J connectivity index is 0.000000320. The molecule has 12 aliphatic rings. The van der Waals surface area contributed by atoms with Gasteiger partial charge in [-0.2, -0.15) is 0 Å². The van der Waals surface area contributed by atoms with E-state index < -0.39 is 0 Å². The van der Waals surface area contributed by atoms with Crippen LogP contribution in [0.2, 0.25) is 0 Å². The van der Waals surface area contributed by atoms with E-state index in [1.54, 1.807) is 21.2 Å². The van der Waals surface area contributed by atoms with Gasteiger partial charge in [0.25, 0.3) is 0 Å². The molecular weight excluding hydrogens is 1720 g/mol. The van der Waals surface area contributed by atoms with Crippen molar-refractivity contribution in [1.82, 2.24) is 24.5 Å². The van der Waals surface area contributed by atoms with Crippen molar-refractivity contribution in [3.63, 3.8) is 0 Å². The van der Waals surface area contributed by atoms with E-state index in [1.807, 2.05) is 11.8 Å². The Morgan fingerprint density at radius 1 is 0.489 bits per heavy atom. The number of quaternary nitrogens is 4. The maximum absolute atomic E-state index is 12.0. The van der Waals surface area contributed by atoms with Crippen LogP contribution in [0.5, 0.6) is 0 Å². The number of ether oxygens (including phenoxy) is 11. The number of nitrogens with zero attached hydrogens (tertiary/aromatic N) is 5. The fourth-order valence-electron chi connectivity index (χ4n) is 19.7. The molecule has 12 rings (SSSR count). The molecule has 4 bridgehead atoms. The summed E-state index contributed by atoms with van der Waals surface area (Å²) in [6, 6.07) is 0. The van der Waals surface area contributed by atoms with Gasteiger partial charge in [0.15, 0.2) is 0 Å². The number of nitrogens with one attached hydrogen (secondary N) is 4. The highest BCUT2D eigenvalue weighted by molar-refractivity contribution is 5.77. The largest absolute Gasteiger partial charge is 0.461 e. The second kappa shape index (κ2) is 72.4. The van der Waals surface area contributed by atoms with E-state index in [2.05, 4.69) is 89.5 Å². The summed E-state index contributed by atoms with van der Waals surface area (Å²) >= 11 is 0. The third kappa shape index (κ3) is 56.2. The van der Waals surface area contributed by atoms with E-state index in [0.29, 0.717) is 70.6 Å². The minimum atomic E-state index is -0.334. The second-order valence-corrected chi connectivity index (χ2v) is 40.7. The lowest BCUT2D eigenvalue weighted by Crippen LogP contribution is -3.13. The molecule has 2 aliphatic carbocycles. The van der Waals surface area contributed by atoms with Gasteiger partial charge >= 0.3 is 59.9 Å². The van der Waals surface area contributed by atoms with Crippen LogP contribution in [0.1, 0.15) is 328 Å². The Hall–Kier alpha value is -6.86. The van der Waals surface area contributed by atoms with Crippen LogP contribution >= 0.6 is 0 Å². The quantitative estimate of drug-likeness (QED) is 0.0251. The van der Waals surface area contributed by atoms with Gasteiger partial charge in [-0.3, -0.25) is 38.4 Å². The molecule has 10 heterocycles. The molecule has 30 heteroatoms. The summed E-state index contributed by atoms with van der Waals surface area (Å²) in [5.74, 6) is -0.472. The van der Waals surface area contributed by atoms with Crippen molar-refractivity contribution in [3.05, 3.63) is 23.5 Å². The van der Waals surface area contributed by atoms with E-state index >= 15 is 0 Å². The van der Waals surface area contributed by atoms with Crippen molar-refractivity contribution < 1.29 is 120 Å². The first-order chi connectivity index (χ1) is 64.8. The molecule has 135 heavy (non-hydrogen) atoms. The number of hydrogen-bond donors (Lipinski definition) is 4. The number of fused-ring (bicyclic) bond motifs is 5. The Kier molecular flexibility index (Phi) is 64.6. The zero-order valence-electron chi connectivity index (χ0n) is 87.6. The van der Waals surface area contributed by atoms with Crippen molar-refractivity contribution in [2.75, 3.05) is 205 Å². The van der Waals surface area contributed by atoms with Crippen molar-refractivity contribution in [2.24, 2.45) is 35.0 Å². The second-order valence-electron chi connectivity index (χ2n) is 40.7. The highest BCUT2D eigenvalue weighted by Crippen LogP contribution is 2.57. The molecule has 9 atom stereocenters. The third-order valence-corrected chi connectivity index (χ3v) is 26.9. The zero-order valence-corrected chi connectivity index (χ0v) is 87.6. The van der Waals surface area contributed by atoms with E-state index in [1.165, 1.54) is 277 Å². The molecular formula is C105H193N9O21+4. The SMILES string of the molecule is C1=C2CCCCCN2CCC1.C1=C2CCCN2CCC1.CC(=O)OCC[NH+](CCOC(C)=O)CCOC(C)=O.CC(=O)OCC[NH+]1CCCCC1.CC(C)(C)COC(=O)N1CCCCC1.CC(C[NH+](C)C)OC(=O)C1CC2CCC1O2.CCCCCCCCN(C)CCCCCCCC.CCC[NH+](CCOC(C)=O)CCOC(C)=O.O=C1OC2C(COC(=O)N3CCCCC3)C3CC1C2C3. The maximum atomic E-state index is 12.0. The van der Waals surface area contributed by atoms with Gasteiger partial charge in [0.05, 0.1) is 71.0 Å². The number of hydrogen-bond acceptors (Lipinski definition) is 24. The fraction of sp³-hybridized carbons (Fsp3) is 0.867. The maximum Gasteiger partial charge on any atom is 0.409 e. The number of unbranched alkanes of at least 4 members (excludes halogenated alkanes) is 10. The lowest BCUT2D eigenvalue weighted by atomic mass is 9.83. The monoisotopic (exact) mass is 1920 g/mol. The van der Waals surface area contributed by atoms with Gasteiger partial charge in [-0.05, 0) is 205 Å². The number of likely N-dealkylation sites (N-methyl/N-ethyl adjacent to an activating group) is 1. The number of carbonyl (C=O) groups is 10. The van der Waals surface area contributed by atoms with Crippen LogP contribution in [-0.4, -0.2) is 314 Å². The summed E-state index contributed by atoms with van der Waals surface area (Å²) in [7, 11) is 6.41. The van der Waals surface area contributed by atoms with Crippen LogP contribution in [0, 0.1) is 35.0 Å². The summed E-state index contributed by atoms with van der Waals surface area (Å²) in [6.07, 6.45) is 52.7. The number of piperidine rings is 3. The van der Waals surface area contributed by atoms with E-state index in [-0.39, 0.29) is 121 Å². The molecule has 0 spiro atoms. The molecule has 8 saturated heterocycles. The van der Waals surface area contributed by atoms with E-state index in [9.17, 15) is 47.9 Å². The molecule has 4 N–H and O–H groups in total. The van der Waals surface area contributed by atoms with Crippen LogP contribution in [0.15, 0.2) is 23.5 Å². The molecule has 10 fully saturated rings. The molecule has 0 aromatic heterocycles. The fourth-order valence-corrected chi connectivity index (χ4v) is 19.7. The van der Waals surface area contributed by atoms with Gasteiger partial charge in [-0.25, -0.2) is 9.59 Å². The number of esters is 8. The predicted molar refractivity (Wildman–Crippen MR) is 526 cm³/mol. The van der Waals surface area contributed by atoms with Gasteiger partial charge < -0.3 is 96.2 Å². The van der Waals surface area contributed by atoms with E-state index in [0.717, 1.165) is 128 Å². The molecule has 780 valence electrons. The first-order valence-corrected chi connectivity index (χ1v) is 53.4. The van der Waals surface area contributed by atoms with Gasteiger partial charge in [-0.1, -0.05) is 124 Å². The lowest BCUT2D eigenvalue weighted by molar-refractivity contribution is -0.905. The molecule has 10 aliphatic heterocycles. The van der Waals surface area contributed by atoms with Gasteiger partial charge in [0.1, 0.15) is 97.7 Å². The normalized spacial score (nSPS) is 21.8. The van der Waals surface area contributed by atoms with Crippen molar-refractivity contribution >= 4 is 59.9 Å². The van der Waals surface area contributed by atoms with Gasteiger partial charge in [0.2, 0.25) is 0 Å². The molecule has 30 nitrogen and oxygen atoms in total. The molecule has 9 unspecified atom stereocenters. The average Bonchev–Trinajstić information content (AvgIpc) is 1.57. The Labute approximate surface area is 815 Å². The minimum absolute atomic E-state index is 0.00152. The molecule has 0 aromatic rings. The first-order valence-electron chi connectivity index (χ1n) is 53.4. The molecule has 0 radical (unpaired) electrons. The van der Waals surface area contributed by atoms with E-state index in [4.69, 9.17) is 52.1 Å². The van der Waals surface area contributed by atoms with Gasteiger partial charge in [-0.15, -0.1) is 0 Å². The highest BCUT2D eigenvalue weighted by Gasteiger charge is 2.62. The Bertz CT molecular complexity index is 3240. The first kappa shape index (κ1) is 120. The van der Waals surface area contributed by atoms with Crippen LogP contribution < -0.4 is 19.6 Å². The molecule has 2 amide bonds. The number of carbonyl (C=O) groups excluding carboxylic acids is 10. The molecule has 2 saturated carbocycles. The van der Waals surface area contributed by atoms with Crippen molar-refractivity contribution in [2.45, 2.75) is 352 Å². The Morgan fingerprint density at radius 2 is 0.919 bits per heavy atom. The summed E-state index contributed by atoms with van der Waals surface area (Å²) < 4.78 is 56.5. The summed E-state index contributed by atoms with van der Waals surface area (Å²) in [5, 5.41) is 0. The standard InChI is InChI=1S/C17H37N.C15H21NO4.C12H21NO6.C12H21NO3.C11H21NO4.C11H21NO2.C10H17N.C9H17NO2.C8H13N/c1-4-6-8-10-12-14-16-18(3)17-15-13-11-9-7-5-2;17-14-11-7-9-6-10(11)13(20-14)12(9)8-19-15(18)16-4-2-1-3-5-16;1-10(14)17-7-4-13(5-8-18-11(2)15)6-9-19-12(3)16;1-8(7-13(2)3)15-12(14)10-6-9-4-5-11(10)16-9;1-4-5-12(6-8-15-10(2)13)7-9-16-11(3)14;1-11(2,3)9-14-10(13)12-7-5-4-6-8-12;1-2-6-10-7-3-5-9-11(10)8-4-1;1-9(11)12-8-7-10-5-3-2-4-6-10;1-2-6-9-7-3-5-8(9)4-1/h4-17H2,1-3H3;9-13H,1-8H2;4-9H2,1-3H3;8-11H,4-7H2,1-3H3;4-9H2,1-3H3;4-9H2,1-3H3;7H,1-6,8-9H2;2-8H2,1H3;4H,1-3,5-7H2/p+4. The summed E-state index contributed by atoms with van der Waals surface area (Å²) in [4.78, 5) is 127. The summed E-state index contributed by atoms with van der Waals surface area (Å²) in [6.45, 7) is 46.2. The van der Waals surface area contributed by atoms with Crippen LogP contribution in [0.4, 0.5) is 9.59 Å². The third-order valence-electron chi connectivity index (χ3n) is 26.9. The highest BCUT2D eigenvalue weighted by atomic mass is 16.6. The average molecular weight is 1920 g/mol. The number of allylic oxidation sites excluding steroid dienone is 4. The number of likely N-dealkylation sites (tertiary alicyclic amines) is 3. The van der Waals surface area contributed by atoms with Crippen LogP contribution in [0.3, 0.4) is 0 Å². The predicted octanol–water partition coefficient (Wildman–Crippen LogP) is 11.6. The Morgan fingerprint density at radius 3 is 1.37 bits per heavy atom. The number of amides is 2. The lowest BCUT2D eigenvalue weighted by Gasteiger charge is -2.29. The molecule has 0 aromatic carbocycles. The topological polar surface area (TPSA) is 306 Å². The van der Waals surface area contributed by atoms with Crippen LogP contribution in [-0.2, 0) is 90.5 Å². The van der Waals surface area contributed by atoms with Crippen molar-refractivity contribution in [3.8, 4) is 0 Å². The number of rotatable bonds is 41. The summed E-state index contributed by atoms with van der Waals surface area (Å²) in [5.41, 5.74) is 3.33. The van der Waals surface area contributed by atoms with Gasteiger partial charge in [0, 0.05) is 117 Å². The smallest absolute Gasteiger partial charge is 0.409 e. The minimum Gasteiger partial charge on any atom is -0.461 e. The zero-order chi connectivity index (χ0) is 99.0.